The molecule has 0 unspecified atom stereocenters. The number of guanidine groups is 1. The molecule has 0 atom stereocenters. The van der Waals surface area contributed by atoms with Crippen molar-refractivity contribution in [3.05, 3.63) is 64.7 Å². The largest absolute Gasteiger partial charge is 0.357 e. The third kappa shape index (κ3) is 9.16. The summed E-state index contributed by atoms with van der Waals surface area (Å²) in [5, 5.41) is 6.59. The van der Waals surface area contributed by atoms with Crippen LogP contribution in [0.1, 0.15) is 36.1 Å². The molecule has 0 saturated carbocycles. The van der Waals surface area contributed by atoms with Crippen LogP contribution >= 0.6 is 24.0 Å². The summed E-state index contributed by atoms with van der Waals surface area (Å²) in [6.45, 7) is 9.86. The second kappa shape index (κ2) is 13.0. The van der Waals surface area contributed by atoms with E-state index in [2.05, 4.69) is 53.8 Å². The Bertz CT molecular complexity index is 977. The molecule has 0 fully saturated rings. The molecular weight excluding hydrogens is 523 g/mol. The summed E-state index contributed by atoms with van der Waals surface area (Å²) in [5.74, 6) is 0.735. The highest BCUT2D eigenvalue weighted by Crippen LogP contribution is 2.16. The fourth-order valence-electron chi connectivity index (χ4n) is 3.19. The number of nitrogens with one attached hydrogen (secondary N) is 2. The molecule has 2 aromatic carbocycles. The van der Waals surface area contributed by atoms with Crippen molar-refractivity contribution >= 4 is 39.8 Å². The van der Waals surface area contributed by atoms with Crippen molar-refractivity contribution in [2.24, 2.45) is 4.99 Å². The van der Waals surface area contributed by atoms with Crippen molar-refractivity contribution in [1.82, 2.24) is 15.5 Å². The molecule has 0 radical (unpaired) electrons. The SMILES string of the molecule is CCNC(=NCc1cccc(CN(C)CC)c1)NCc1ccc(S(C)(=O)=O)c(C)c1.I. The van der Waals surface area contributed by atoms with Gasteiger partial charge in [0.25, 0.3) is 0 Å². The highest BCUT2D eigenvalue weighted by atomic mass is 127. The van der Waals surface area contributed by atoms with Crippen LogP contribution in [0.2, 0.25) is 0 Å². The molecule has 0 spiro atoms. The maximum Gasteiger partial charge on any atom is 0.191 e. The van der Waals surface area contributed by atoms with Crippen LogP contribution in [0.4, 0.5) is 0 Å². The van der Waals surface area contributed by atoms with Gasteiger partial charge in [0, 0.05) is 25.9 Å². The van der Waals surface area contributed by atoms with Crippen LogP contribution in [0.3, 0.4) is 0 Å². The number of rotatable bonds is 9. The van der Waals surface area contributed by atoms with Gasteiger partial charge in [-0.15, -0.1) is 24.0 Å². The minimum Gasteiger partial charge on any atom is -0.357 e. The van der Waals surface area contributed by atoms with Crippen LogP contribution in [0.25, 0.3) is 0 Å². The molecule has 6 nitrogen and oxygen atoms in total. The van der Waals surface area contributed by atoms with Crippen molar-refractivity contribution in [1.29, 1.82) is 0 Å². The van der Waals surface area contributed by atoms with Gasteiger partial charge in [-0.25, -0.2) is 13.4 Å². The number of nitrogens with zero attached hydrogens (tertiary/aromatic N) is 2. The molecule has 2 N–H and O–H groups in total. The number of halogens is 1. The maximum absolute atomic E-state index is 11.8. The van der Waals surface area contributed by atoms with Gasteiger partial charge in [-0.1, -0.05) is 43.3 Å². The van der Waals surface area contributed by atoms with Crippen LogP contribution in [0.15, 0.2) is 52.4 Å². The summed E-state index contributed by atoms with van der Waals surface area (Å²) >= 11 is 0. The second-order valence-electron chi connectivity index (χ2n) is 7.57. The normalized spacial score (nSPS) is 11.9. The van der Waals surface area contributed by atoms with E-state index >= 15 is 0 Å². The zero-order chi connectivity index (χ0) is 22.1. The Morgan fingerprint density at radius 2 is 1.74 bits per heavy atom. The third-order valence-electron chi connectivity index (χ3n) is 4.85. The Labute approximate surface area is 204 Å². The molecule has 2 rings (SSSR count). The molecule has 0 heterocycles. The molecular formula is C23H35IN4O2S. The minimum absolute atomic E-state index is 0. The summed E-state index contributed by atoms with van der Waals surface area (Å²) < 4.78 is 23.6. The molecule has 172 valence electrons. The molecule has 0 amide bonds. The van der Waals surface area contributed by atoms with E-state index in [-0.39, 0.29) is 24.0 Å². The Morgan fingerprint density at radius 3 is 2.35 bits per heavy atom. The van der Waals surface area contributed by atoms with E-state index in [1.807, 2.05) is 26.0 Å². The lowest BCUT2D eigenvalue weighted by atomic mass is 10.1. The Morgan fingerprint density at radius 1 is 1.03 bits per heavy atom. The van der Waals surface area contributed by atoms with E-state index in [0.29, 0.717) is 18.0 Å². The van der Waals surface area contributed by atoms with E-state index in [4.69, 9.17) is 4.99 Å². The van der Waals surface area contributed by atoms with Crippen molar-refractivity contribution < 1.29 is 8.42 Å². The maximum atomic E-state index is 11.8. The van der Waals surface area contributed by atoms with Gasteiger partial charge in [-0.05, 0) is 55.8 Å². The first-order valence-electron chi connectivity index (χ1n) is 10.3. The molecule has 0 saturated heterocycles. The number of aliphatic imine (C=N–C) groups is 1. The van der Waals surface area contributed by atoms with Gasteiger partial charge >= 0.3 is 0 Å². The number of aryl methyl sites for hydroxylation is 1. The van der Waals surface area contributed by atoms with Gasteiger partial charge in [-0.2, -0.15) is 0 Å². The third-order valence-corrected chi connectivity index (χ3v) is 6.10. The Kier molecular flexibility index (Phi) is 11.5. The number of benzene rings is 2. The molecule has 0 aliphatic heterocycles. The highest BCUT2D eigenvalue weighted by molar-refractivity contribution is 14.0. The van der Waals surface area contributed by atoms with Gasteiger partial charge in [0.1, 0.15) is 0 Å². The average molecular weight is 559 g/mol. The first-order chi connectivity index (χ1) is 14.2. The quantitative estimate of drug-likeness (QED) is 0.279. The van der Waals surface area contributed by atoms with E-state index in [9.17, 15) is 8.42 Å². The van der Waals surface area contributed by atoms with Crippen LogP contribution in [0, 0.1) is 6.92 Å². The monoisotopic (exact) mass is 558 g/mol. The van der Waals surface area contributed by atoms with Crippen molar-refractivity contribution in [2.75, 3.05) is 26.4 Å². The molecule has 0 bridgehead atoms. The molecule has 0 aliphatic carbocycles. The number of hydrogen-bond donors (Lipinski definition) is 2. The minimum atomic E-state index is -3.20. The number of sulfone groups is 1. The zero-order valence-corrected chi connectivity index (χ0v) is 22.3. The Balaban J connectivity index is 0.00000480. The second-order valence-corrected chi connectivity index (χ2v) is 9.56. The number of hydrogen-bond acceptors (Lipinski definition) is 4. The van der Waals surface area contributed by atoms with Gasteiger partial charge in [0.15, 0.2) is 15.8 Å². The summed E-state index contributed by atoms with van der Waals surface area (Å²) in [5.41, 5.74) is 4.22. The Hall–Kier alpha value is -1.65. The van der Waals surface area contributed by atoms with E-state index in [1.54, 1.807) is 6.07 Å². The van der Waals surface area contributed by atoms with Gasteiger partial charge in [0.05, 0.1) is 11.4 Å². The summed E-state index contributed by atoms with van der Waals surface area (Å²) in [7, 11) is -1.09. The first kappa shape index (κ1) is 27.4. The molecule has 0 aliphatic rings. The lowest BCUT2D eigenvalue weighted by Crippen LogP contribution is -2.36. The van der Waals surface area contributed by atoms with E-state index < -0.39 is 9.84 Å². The highest BCUT2D eigenvalue weighted by Gasteiger charge is 2.11. The van der Waals surface area contributed by atoms with Crippen LogP contribution in [-0.4, -0.2) is 45.7 Å². The summed E-state index contributed by atoms with van der Waals surface area (Å²) in [6, 6.07) is 13.9. The predicted molar refractivity (Wildman–Crippen MR) is 140 cm³/mol. The van der Waals surface area contributed by atoms with Crippen LogP contribution in [0.5, 0.6) is 0 Å². The average Bonchev–Trinajstić information content (AvgIpc) is 2.69. The summed E-state index contributed by atoms with van der Waals surface area (Å²) in [6.07, 6.45) is 1.23. The molecule has 8 heteroatoms. The first-order valence-corrected chi connectivity index (χ1v) is 12.2. The van der Waals surface area contributed by atoms with E-state index in [1.165, 1.54) is 17.4 Å². The van der Waals surface area contributed by atoms with E-state index in [0.717, 1.165) is 36.7 Å². The smallest absolute Gasteiger partial charge is 0.191 e. The molecule has 2 aromatic rings. The van der Waals surface area contributed by atoms with Crippen molar-refractivity contribution in [3.63, 3.8) is 0 Å². The van der Waals surface area contributed by atoms with Gasteiger partial charge < -0.3 is 15.5 Å². The standard InChI is InChI=1S/C23H34N4O2S.HI/c1-6-24-23(25-15-19-9-8-10-21(14-19)17-27(4)7-2)26-16-20-11-12-22(18(3)13-20)30(5,28)29;/h8-14H,6-7,15-17H2,1-5H3,(H2,24,25,26);1H. The van der Waals surface area contributed by atoms with Crippen molar-refractivity contribution in [2.45, 2.75) is 45.3 Å². The van der Waals surface area contributed by atoms with Gasteiger partial charge in [-0.3, -0.25) is 0 Å². The lowest BCUT2D eigenvalue weighted by Gasteiger charge is -2.15. The topological polar surface area (TPSA) is 73.8 Å². The predicted octanol–water partition coefficient (Wildman–Crippen LogP) is 3.72. The lowest BCUT2D eigenvalue weighted by molar-refractivity contribution is 0.345. The van der Waals surface area contributed by atoms with Crippen LogP contribution in [-0.2, 0) is 29.5 Å². The molecule has 0 aromatic heterocycles. The van der Waals surface area contributed by atoms with Crippen LogP contribution < -0.4 is 10.6 Å². The zero-order valence-electron chi connectivity index (χ0n) is 19.1. The fourth-order valence-corrected chi connectivity index (χ4v) is 4.14. The fraction of sp³-hybridized carbons (Fsp3) is 0.435. The molecule has 31 heavy (non-hydrogen) atoms. The van der Waals surface area contributed by atoms with Gasteiger partial charge in [0.2, 0.25) is 0 Å². The summed E-state index contributed by atoms with van der Waals surface area (Å²) in [4.78, 5) is 7.35. The van der Waals surface area contributed by atoms with Crippen molar-refractivity contribution in [3.8, 4) is 0 Å².